The van der Waals surface area contributed by atoms with Crippen molar-refractivity contribution in [3.05, 3.63) is 34.9 Å². The van der Waals surface area contributed by atoms with Crippen molar-refractivity contribution in [3.63, 3.8) is 0 Å². The van der Waals surface area contributed by atoms with Crippen LogP contribution in [0.1, 0.15) is 73.4 Å². The van der Waals surface area contributed by atoms with Crippen LogP contribution in [0.25, 0.3) is 0 Å². The summed E-state index contributed by atoms with van der Waals surface area (Å²) in [7, 11) is 1.65. The Labute approximate surface area is 161 Å². The number of carbonyl (C=O) groups is 2. The number of fused-ring (bicyclic) bond motifs is 1. The van der Waals surface area contributed by atoms with E-state index in [1.165, 1.54) is 22.4 Å². The molecular weight excluding hydrogens is 340 g/mol. The van der Waals surface area contributed by atoms with Gasteiger partial charge in [0.2, 0.25) is 0 Å². The molecule has 0 aliphatic heterocycles. The lowest BCUT2D eigenvalue weighted by molar-refractivity contribution is -0.143. The zero-order valence-corrected chi connectivity index (χ0v) is 16.3. The Hall–Kier alpha value is -2.35. The second kappa shape index (κ2) is 8.12. The lowest BCUT2D eigenvalue weighted by atomic mass is 9.81. The first-order chi connectivity index (χ1) is 13.0. The van der Waals surface area contributed by atoms with Crippen molar-refractivity contribution in [2.45, 2.75) is 76.4 Å². The highest BCUT2D eigenvalue weighted by Gasteiger charge is 2.40. The van der Waals surface area contributed by atoms with Crippen molar-refractivity contribution >= 4 is 11.9 Å². The molecule has 0 heterocycles. The van der Waals surface area contributed by atoms with Gasteiger partial charge in [0, 0.05) is 7.05 Å². The second-order valence-corrected chi connectivity index (χ2v) is 7.84. The number of likely N-dealkylation sites (N-methyl/N-ethyl adjacent to an activating group) is 1. The zero-order valence-electron chi connectivity index (χ0n) is 16.3. The maximum Gasteiger partial charge on any atom is 0.338 e. The van der Waals surface area contributed by atoms with Crippen LogP contribution in [0.3, 0.4) is 0 Å². The highest BCUT2D eigenvalue weighted by Crippen LogP contribution is 2.33. The smallest absolute Gasteiger partial charge is 0.338 e. The van der Waals surface area contributed by atoms with Crippen LogP contribution in [0.15, 0.2) is 18.2 Å². The predicted octanol–water partition coefficient (Wildman–Crippen LogP) is 3.80. The second-order valence-electron chi connectivity index (χ2n) is 7.84. The number of hydrogen-bond donors (Lipinski definition) is 0. The Morgan fingerprint density at radius 1 is 1.11 bits per heavy atom. The molecule has 144 valence electrons. The van der Waals surface area contributed by atoms with E-state index in [0.29, 0.717) is 18.4 Å². The largest absolute Gasteiger partial charge is 0.449 e. The molecule has 2 aliphatic rings. The molecule has 0 N–H and O–H groups in total. The van der Waals surface area contributed by atoms with E-state index in [1.807, 2.05) is 12.1 Å². The number of esters is 1. The van der Waals surface area contributed by atoms with Crippen LogP contribution in [-0.4, -0.2) is 35.5 Å². The topological polar surface area (TPSA) is 70.4 Å². The third-order valence-electron chi connectivity index (χ3n) is 6.08. The maximum atomic E-state index is 12.8. The van der Waals surface area contributed by atoms with Gasteiger partial charge in [0.1, 0.15) is 5.54 Å². The first kappa shape index (κ1) is 19.4. The van der Waals surface area contributed by atoms with Gasteiger partial charge >= 0.3 is 5.97 Å². The summed E-state index contributed by atoms with van der Waals surface area (Å²) in [6.07, 6.45) is 7.78. The fraction of sp³-hybridized carbons (Fsp3) is 0.591. The van der Waals surface area contributed by atoms with E-state index in [9.17, 15) is 14.9 Å². The molecule has 0 saturated heterocycles. The van der Waals surface area contributed by atoms with E-state index >= 15 is 0 Å². The normalized spacial score (nSPS) is 19.3. The van der Waals surface area contributed by atoms with Gasteiger partial charge in [-0.3, -0.25) is 4.79 Å². The number of nitriles is 1. The summed E-state index contributed by atoms with van der Waals surface area (Å²) in [5, 5.41) is 9.66. The first-order valence-corrected chi connectivity index (χ1v) is 9.98. The van der Waals surface area contributed by atoms with E-state index in [4.69, 9.17) is 4.74 Å². The van der Waals surface area contributed by atoms with Gasteiger partial charge in [-0.05, 0) is 68.7 Å². The Kier molecular flexibility index (Phi) is 5.84. The predicted molar refractivity (Wildman–Crippen MR) is 102 cm³/mol. The van der Waals surface area contributed by atoms with E-state index in [1.54, 1.807) is 20.0 Å². The Morgan fingerprint density at radius 2 is 1.78 bits per heavy atom. The molecule has 0 aromatic heterocycles. The fourth-order valence-corrected chi connectivity index (χ4v) is 4.28. The summed E-state index contributed by atoms with van der Waals surface area (Å²) in [4.78, 5) is 26.8. The summed E-state index contributed by atoms with van der Waals surface area (Å²) in [5.41, 5.74) is 2.22. The van der Waals surface area contributed by atoms with Crippen molar-refractivity contribution in [2.75, 3.05) is 7.05 Å². The lowest BCUT2D eigenvalue weighted by Crippen LogP contribution is -2.53. The summed E-state index contributed by atoms with van der Waals surface area (Å²) in [6.45, 7) is 1.59. The van der Waals surface area contributed by atoms with Crippen molar-refractivity contribution < 1.29 is 14.3 Å². The first-order valence-electron chi connectivity index (χ1n) is 9.98. The van der Waals surface area contributed by atoms with E-state index < -0.39 is 17.6 Å². The Balaban J connectivity index is 1.67. The molecule has 1 fully saturated rings. The molecule has 1 amide bonds. The molecule has 1 atom stereocenters. The van der Waals surface area contributed by atoms with Crippen LogP contribution in [0.4, 0.5) is 0 Å². The molecule has 5 nitrogen and oxygen atoms in total. The standard InChI is InChI=1S/C22H28N2O3/c1-16(20(25)24(2)22(15-23)12-6-3-7-13-22)27-21(26)19-11-10-17-8-4-5-9-18(17)14-19/h10-11,14,16H,3-9,12-13H2,1-2H3/t16-/m1/s1. The Morgan fingerprint density at radius 3 is 2.44 bits per heavy atom. The van der Waals surface area contributed by atoms with Crippen LogP contribution in [0.5, 0.6) is 0 Å². The number of hydrogen-bond acceptors (Lipinski definition) is 4. The molecule has 27 heavy (non-hydrogen) atoms. The van der Waals surface area contributed by atoms with Crippen molar-refractivity contribution in [2.24, 2.45) is 0 Å². The molecule has 0 bridgehead atoms. The number of carbonyl (C=O) groups excluding carboxylic acids is 2. The summed E-state index contributed by atoms with van der Waals surface area (Å²) in [5.74, 6) is -0.794. The van der Waals surface area contributed by atoms with E-state index in [0.717, 1.165) is 38.5 Å². The molecule has 1 aromatic rings. The number of aryl methyl sites for hydroxylation is 2. The van der Waals surface area contributed by atoms with E-state index in [2.05, 4.69) is 6.07 Å². The van der Waals surface area contributed by atoms with Gasteiger partial charge in [0.25, 0.3) is 5.91 Å². The third kappa shape index (κ3) is 4.00. The van der Waals surface area contributed by atoms with Crippen molar-refractivity contribution in [1.29, 1.82) is 5.26 Å². The van der Waals surface area contributed by atoms with Crippen LogP contribution in [0, 0.1) is 11.3 Å². The van der Waals surface area contributed by atoms with Gasteiger partial charge in [-0.2, -0.15) is 5.26 Å². The highest BCUT2D eigenvalue weighted by atomic mass is 16.5. The average Bonchev–Trinajstić information content (AvgIpc) is 2.72. The van der Waals surface area contributed by atoms with Crippen LogP contribution in [-0.2, 0) is 22.4 Å². The Bertz CT molecular complexity index is 759. The maximum absolute atomic E-state index is 12.8. The molecule has 3 rings (SSSR count). The SMILES string of the molecule is C[C@@H](OC(=O)c1ccc2c(c1)CCCC2)C(=O)N(C)C1(C#N)CCCCC1. The van der Waals surface area contributed by atoms with Crippen LogP contribution >= 0.6 is 0 Å². The number of ether oxygens (including phenoxy) is 1. The summed E-state index contributed by atoms with van der Waals surface area (Å²) in [6, 6.07) is 8.01. The minimum Gasteiger partial charge on any atom is -0.449 e. The average molecular weight is 368 g/mol. The highest BCUT2D eigenvalue weighted by molar-refractivity contribution is 5.92. The minimum absolute atomic E-state index is 0.315. The molecular formula is C22H28N2O3. The van der Waals surface area contributed by atoms with Gasteiger partial charge in [0.05, 0.1) is 11.6 Å². The zero-order chi connectivity index (χ0) is 19.4. The third-order valence-corrected chi connectivity index (χ3v) is 6.08. The van der Waals surface area contributed by atoms with Gasteiger partial charge in [0.15, 0.2) is 6.10 Å². The molecule has 0 radical (unpaired) electrons. The molecule has 5 heteroatoms. The summed E-state index contributed by atoms with van der Waals surface area (Å²) < 4.78 is 5.45. The number of amides is 1. The number of benzene rings is 1. The molecule has 1 saturated carbocycles. The molecule has 2 aliphatic carbocycles. The summed E-state index contributed by atoms with van der Waals surface area (Å²) >= 11 is 0. The van der Waals surface area contributed by atoms with Gasteiger partial charge < -0.3 is 9.64 Å². The monoisotopic (exact) mass is 368 g/mol. The molecule has 0 unspecified atom stereocenters. The molecule has 0 spiro atoms. The van der Waals surface area contributed by atoms with Crippen molar-refractivity contribution in [3.8, 4) is 6.07 Å². The quantitative estimate of drug-likeness (QED) is 0.758. The van der Waals surface area contributed by atoms with E-state index in [-0.39, 0.29) is 5.91 Å². The fourth-order valence-electron chi connectivity index (χ4n) is 4.28. The van der Waals surface area contributed by atoms with Crippen molar-refractivity contribution in [1.82, 2.24) is 4.90 Å². The van der Waals surface area contributed by atoms with Gasteiger partial charge in [-0.15, -0.1) is 0 Å². The molecule has 1 aromatic carbocycles. The van der Waals surface area contributed by atoms with Crippen LogP contribution < -0.4 is 0 Å². The number of rotatable bonds is 4. The van der Waals surface area contributed by atoms with Crippen LogP contribution in [0.2, 0.25) is 0 Å². The van der Waals surface area contributed by atoms with Gasteiger partial charge in [-0.25, -0.2) is 4.79 Å². The number of nitrogens with zero attached hydrogens (tertiary/aromatic N) is 2. The minimum atomic E-state index is -0.911. The lowest BCUT2D eigenvalue weighted by Gasteiger charge is -2.39. The van der Waals surface area contributed by atoms with Gasteiger partial charge in [-0.1, -0.05) is 25.3 Å².